The van der Waals surface area contributed by atoms with E-state index in [1.54, 1.807) is 20.8 Å². The first-order valence-corrected chi connectivity index (χ1v) is 6.55. The Morgan fingerprint density at radius 1 is 1.00 bits per heavy atom. The molecule has 0 N–H and O–H groups in total. The van der Waals surface area contributed by atoms with Gasteiger partial charge in [-0.1, -0.05) is 0 Å². The average molecular weight is 288 g/mol. The Morgan fingerprint density at radius 2 is 1.55 bits per heavy atom. The molecule has 0 aliphatic carbocycles. The summed E-state index contributed by atoms with van der Waals surface area (Å²) in [6.07, 6.45) is -3.24. The fraction of sp³-hybridized carbons (Fsp3) is 0.846. The molecule has 2 saturated heterocycles. The minimum Gasteiger partial charge on any atom is -0.456 e. The Labute approximate surface area is 117 Å². The molecule has 0 aromatic carbocycles. The zero-order valence-electron chi connectivity index (χ0n) is 12.2. The van der Waals surface area contributed by atoms with Gasteiger partial charge in [0, 0.05) is 13.8 Å². The van der Waals surface area contributed by atoms with E-state index in [0.29, 0.717) is 0 Å². The predicted octanol–water partition coefficient (Wildman–Crippen LogP) is 0.746. The summed E-state index contributed by atoms with van der Waals surface area (Å²) in [6.45, 7) is 7.80. The lowest BCUT2D eigenvalue weighted by molar-refractivity contribution is -0.255. The number of ether oxygens (including phenoxy) is 5. The van der Waals surface area contributed by atoms with Crippen molar-refractivity contribution < 1.29 is 33.3 Å². The fourth-order valence-corrected chi connectivity index (χ4v) is 2.51. The molecule has 2 rings (SSSR count). The van der Waals surface area contributed by atoms with Crippen LogP contribution in [-0.4, -0.2) is 48.4 Å². The molecule has 0 aromatic heterocycles. The highest BCUT2D eigenvalue weighted by Crippen LogP contribution is 2.38. The van der Waals surface area contributed by atoms with E-state index in [9.17, 15) is 9.59 Å². The van der Waals surface area contributed by atoms with Gasteiger partial charge in [0.2, 0.25) is 0 Å². The Bertz CT molecular complexity index is 406. The standard InChI is InChI=1S/C13H20O7/c1-6-9(17-7(2)14)10(18-8(3)15)11-12(16-6)20-13(4,5)19-11/h6,9-12H,1-5H3/t6-,9-,10+,11+,12?/m0/s1. The van der Waals surface area contributed by atoms with E-state index in [1.165, 1.54) is 13.8 Å². The number of carbonyl (C=O) groups is 2. The molecule has 0 radical (unpaired) electrons. The van der Waals surface area contributed by atoms with Gasteiger partial charge in [0.15, 0.2) is 30.4 Å². The van der Waals surface area contributed by atoms with Crippen LogP contribution in [0.1, 0.15) is 34.6 Å². The smallest absolute Gasteiger partial charge is 0.303 e. The van der Waals surface area contributed by atoms with Crippen molar-refractivity contribution in [3.05, 3.63) is 0 Å². The van der Waals surface area contributed by atoms with E-state index in [0.717, 1.165) is 0 Å². The summed E-state index contributed by atoms with van der Waals surface area (Å²) in [5.74, 6) is -1.80. The van der Waals surface area contributed by atoms with E-state index in [4.69, 9.17) is 23.7 Å². The van der Waals surface area contributed by atoms with Crippen LogP contribution < -0.4 is 0 Å². The molecule has 0 spiro atoms. The molecule has 2 aliphatic heterocycles. The van der Waals surface area contributed by atoms with Crippen LogP contribution in [0.25, 0.3) is 0 Å². The van der Waals surface area contributed by atoms with Gasteiger partial charge >= 0.3 is 11.9 Å². The van der Waals surface area contributed by atoms with Gasteiger partial charge in [-0.3, -0.25) is 9.59 Å². The summed E-state index contributed by atoms with van der Waals surface area (Å²) < 4.78 is 27.5. The first-order chi connectivity index (χ1) is 9.19. The zero-order valence-corrected chi connectivity index (χ0v) is 12.2. The first-order valence-electron chi connectivity index (χ1n) is 6.55. The second kappa shape index (κ2) is 5.31. The SMILES string of the molecule is CC(=O)O[C@@H]1[C@@H](OC(C)=O)[C@H]2OC(C)(C)OC2O[C@H]1C. The van der Waals surface area contributed by atoms with Crippen LogP contribution in [0.5, 0.6) is 0 Å². The van der Waals surface area contributed by atoms with Gasteiger partial charge in [0.25, 0.3) is 0 Å². The third-order valence-electron chi connectivity index (χ3n) is 3.15. The van der Waals surface area contributed by atoms with Crippen LogP contribution in [0.2, 0.25) is 0 Å². The monoisotopic (exact) mass is 288 g/mol. The number of carbonyl (C=O) groups excluding carboxylic acids is 2. The normalized spacial score (nSPS) is 39.0. The Balaban J connectivity index is 2.24. The maximum absolute atomic E-state index is 11.3. The van der Waals surface area contributed by atoms with Gasteiger partial charge in [-0.05, 0) is 20.8 Å². The Morgan fingerprint density at radius 3 is 2.10 bits per heavy atom. The van der Waals surface area contributed by atoms with Gasteiger partial charge in [0.05, 0.1) is 6.10 Å². The molecule has 2 fully saturated rings. The highest BCUT2D eigenvalue weighted by molar-refractivity contribution is 5.67. The minimum absolute atomic E-state index is 0.470. The summed E-state index contributed by atoms with van der Waals surface area (Å²) >= 11 is 0. The van der Waals surface area contributed by atoms with Crippen LogP contribution in [0.4, 0.5) is 0 Å². The number of hydrogen-bond donors (Lipinski definition) is 0. The second-order valence-electron chi connectivity index (χ2n) is 5.46. The molecular formula is C13H20O7. The third kappa shape index (κ3) is 3.11. The Kier molecular flexibility index (Phi) is 4.04. The molecule has 0 amide bonds. The summed E-state index contributed by atoms with van der Waals surface area (Å²) in [5.41, 5.74) is 0. The largest absolute Gasteiger partial charge is 0.456 e. The van der Waals surface area contributed by atoms with Crippen molar-refractivity contribution in [1.29, 1.82) is 0 Å². The summed E-state index contributed by atoms with van der Waals surface area (Å²) in [5, 5.41) is 0. The van der Waals surface area contributed by atoms with Crippen LogP contribution in [0.15, 0.2) is 0 Å². The number of fused-ring (bicyclic) bond motifs is 1. The Hall–Kier alpha value is -1.18. The molecule has 2 aliphatic rings. The lowest BCUT2D eigenvalue weighted by Gasteiger charge is -2.39. The van der Waals surface area contributed by atoms with Gasteiger partial charge in [-0.2, -0.15) is 0 Å². The predicted molar refractivity (Wildman–Crippen MR) is 65.5 cm³/mol. The summed E-state index contributed by atoms with van der Waals surface area (Å²) in [6, 6.07) is 0. The molecule has 114 valence electrons. The maximum Gasteiger partial charge on any atom is 0.303 e. The van der Waals surface area contributed by atoms with Gasteiger partial charge in [-0.25, -0.2) is 0 Å². The van der Waals surface area contributed by atoms with E-state index in [1.807, 2.05) is 0 Å². The van der Waals surface area contributed by atoms with Crippen LogP contribution in [0.3, 0.4) is 0 Å². The van der Waals surface area contributed by atoms with Gasteiger partial charge in [0.1, 0.15) is 0 Å². The molecule has 5 atom stereocenters. The second-order valence-corrected chi connectivity index (χ2v) is 5.46. The van der Waals surface area contributed by atoms with Crippen molar-refractivity contribution in [1.82, 2.24) is 0 Å². The van der Waals surface area contributed by atoms with Crippen molar-refractivity contribution in [2.24, 2.45) is 0 Å². The van der Waals surface area contributed by atoms with Crippen molar-refractivity contribution in [2.45, 2.75) is 71.1 Å². The zero-order chi connectivity index (χ0) is 15.1. The van der Waals surface area contributed by atoms with Gasteiger partial charge < -0.3 is 23.7 Å². The van der Waals surface area contributed by atoms with Crippen LogP contribution in [-0.2, 0) is 33.3 Å². The molecule has 7 nitrogen and oxygen atoms in total. The van der Waals surface area contributed by atoms with Crippen LogP contribution >= 0.6 is 0 Å². The highest BCUT2D eigenvalue weighted by atomic mass is 16.8. The van der Waals surface area contributed by atoms with Crippen molar-refractivity contribution >= 4 is 11.9 Å². The van der Waals surface area contributed by atoms with Crippen LogP contribution in [0, 0.1) is 0 Å². The fourth-order valence-electron chi connectivity index (χ4n) is 2.51. The lowest BCUT2D eigenvalue weighted by atomic mass is 9.99. The minimum atomic E-state index is -0.849. The van der Waals surface area contributed by atoms with Gasteiger partial charge in [-0.15, -0.1) is 0 Å². The average Bonchev–Trinajstić information content (AvgIpc) is 2.56. The summed E-state index contributed by atoms with van der Waals surface area (Å²) in [4.78, 5) is 22.5. The molecule has 7 heteroatoms. The van der Waals surface area contributed by atoms with E-state index in [-0.39, 0.29) is 0 Å². The molecule has 0 aromatic rings. The first kappa shape index (κ1) is 15.2. The topological polar surface area (TPSA) is 80.3 Å². The molecule has 1 unspecified atom stereocenters. The van der Waals surface area contributed by atoms with E-state index >= 15 is 0 Å². The quantitative estimate of drug-likeness (QED) is 0.693. The number of hydrogen-bond acceptors (Lipinski definition) is 7. The summed E-state index contributed by atoms with van der Waals surface area (Å²) in [7, 11) is 0. The molecule has 20 heavy (non-hydrogen) atoms. The molecule has 2 heterocycles. The van der Waals surface area contributed by atoms with E-state index < -0.39 is 48.4 Å². The van der Waals surface area contributed by atoms with E-state index in [2.05, 4.69) is 0 Å². The molecule has 0 bridgehead atoms. The van der Waals surface area contributed by atoms with Crippen molar-refractivity contribution in [2.75, 3.05) is 0 Å². The number of rotatable bonds is 2. The molecule has 0 saturated carbocycles. The number of esters is 2. The third-order valence-corrected chi connectivity index (χ3v) is 3.15. The highest BCUT2D eigenvalue weighted by Gasteiger charge is 2.56. The van der Waals surface area contributed by atoms with Crippen molar-refractivity contribution in [3.63, 3.8) is 0 Å². The van der Waals surface area contributed by atoms with Crippen molar-refractivity contribution in [3.8, 4) is 0 Å². The molecular weight excluding hydrogens is 268 g/mol. The maximum atomic E-state index is 11.3. The lowest BCUT2D eigenvalue weighted by Crippen LogP contribution is -2.58.